The number of halogens is 3. The van der Waals surface area contributed by atoms with E-state index in [4.69, 9.17) is 0 Å². The summed E-state index contributed by atoms with van der Waals surface area (Å²) in [5.74, 6) is -0.314. The van der Waals surface area contributed by atoms with Gasteiger partial charge in [-0.1, -0.05) is 11.3 Å². The summed E-state index contributed by atoms with van der Waals surface area (Å²) in [7, 11) is 0. The van der Waals surface area contributed by atoms with E-state index in [9.17, 15) is 18.0 Å². The van der Waals surface area contributed by atoms with Crippen LogP contribution in [0.4, 0.5) is 18.3 Å². The first-order valence-corrected chi connectivity index (χ1v) is 5.16. The molecule has 0 aromatic carbocycles. The number of carbonyl (C=O) groups excluding carboxylic acids is 1. The fourth-order valence-electron chi connectivity index (χ4n) is 0.825. The maximum absolute atomic E-state index is 12.1. The van der Waals surface area contributed by atoms with E-state index in [0.717, 1.165) is 0 Å². The summed E-state index contributed by atoms with van der Waals surface area (Å²) >= 11 is 0.362. The van der Waals surface area contributed by atoms with Crippen LogP contribution in [0.3, 0.4) is 0 Å². The summed E-state index contributed by atoms with van der Waals surface area (Å²) in [5, 5.41) is 10.1. The molecule has 9 heteroatoms. The monoisotopic (exact) mass is 254 g/mol. The quantitative estimate of drug-likeness (QED) is 0.844. The van der Waals surface area contributed by atoms with Crippen LogP contribution in [-0.2, 0) is 11.0 Å². The van der Waals surface area contributed by atoms with Crippen molar-refractivity contribution >= 4 is 22.4 Å². The van der Waals surface area contributed by atoms with Gasteiger partial charge in [0.15, 0.2) is 0 Å². The summed E-state index contributed by atoms with van der Waals surface area (Å²) in [6, 6.07) is 0. The van der Waals surface area contributed by atoms with Gasteiger partial charge in [-0.05, 0) is 6.92 Å². The standard InChI is InChI=1S/C7H9F3N4OS/c1-2-11-4(15)3-12-6-14-13-5(16-6)7(8,9)10/h2-3H2,1H3,(H,11,15)(H,12,14). The zero-order chi connectivity index (χ0) is 12.2. The Bertz CT molecular complexity index is 365. The summed E-state index contributed by atoms with van der Waals surface area (Å²) in [6.45, 7) is 2.08. The van der Waals surface area contributed by atoms with Crippen LogP contribution in [0.2, 0.25) is 0 Å². The SMILES string of the molecule is CCNC(=O)CNc1nnc(C(F)(F)F)s1. The minimum Gasteiger partial charge on any atom is -0.355 e. The van der Waals surface area contributed by atoms with Crippen LogP contribution >= 0.6 is 11.3 Å². The molecular formula is C7H9F3N4OS. The molecule has 1 aromatic heterocycles. The number of anilines is 1. The first-order chi connectivity index (χ1) is 7.43. The van der Waals surface area contributed by atoms with Crippen LogP contribution in [0.15, 0.2) is 0 Å². The third-order valence-electron chi connectivity index (χ3n) is 1.44. The first kappa shape index (κ1) is 12.7. The second-order valence-electron chi connectivity index (χ2n) is 2.72. The van der Waals surface area contributed by atoms with E-state index in [2.05, 4.69) is 20.8 Å². The van der Waals surface area contributed by atoms with Gasteiger partial charge in [0.05, 0.1) is 6.54 Å². The van der Waals surface area contributed by atoms with Gasteiger partial charge in [0.1, 0.15) is 0 Å². The normalized spacial score (nSPS) is 11.2. The number of rotatable bonds is 4. The highest BCUT2D eigenvalue weighted by Gasteiger charge is 2.35. The van der Waals surface area contributed by atoms with Crippen LogP contribution in [0.25, 0.3) is 0 Å². The predicted molar refractivity (Wildman–Crippen MR) is 52.1 cm³/mol. The Morgan fingerprint density at radius 3 is 2.62 bits per heavy atom. The van der Waals surface area contributed by atoms with Gasteiger partial charge < -0.3 is 10.6 Å². The van der Waals surface area contributed by atoms with Crippen molar-refractivity contribution in [2.24, 2.45) is 0 Å². The highest BCUT2D eigenvalue weighted by molar-refractivity contribution is 7.15. The van der Waals surface area contributed by atoms with Crippen molar-refractivity contribution in [1.29, 1.82) is 0 Å². The number of amides is 1. The Kier molecular flexibility index (Phi) is 4.05. The Morgan fingerprint density at radius 2 is 2.12 bits per heavy atom. The molecule has 0 saturated carbocycles. The maximum atomic E-state index is 12.1. The molecule has 1 amide bonds. The summed E-state index contributed by atoms with van der Waals surface area (Å²) in [5.41, 5.74) is 0. The molecule has 0 aliphatic heterocycles. The molecular weight excluding hydrogens is 245 g/mol. The van der Waals surface area contributed by atoms with Gasteiger partial charge in [0, 0.05) is 6.54 Å². The number of nitrogens with zero attached hydrogens (tertiary/aromatic N) is 2. The van der Waals surface area contributed by atoms with Gasteiger partial charge in [0.2, 0.25) is 16.0 Å². The molecule has 0 saturated heterocycles. The fraction of sp³-hybridized carbons (Fsp3) is 0.571. The number of hydrogen-bond acceptors (Lipinski definition) is 5. The Balaban J connectivity index is 2.50. The summed E-state index contributed by atoms with van der Waals surface area (Å²) in [6.07, 6.45) is -4.50. The molecule has 0 fully saturated rings. The molecule has 0 aliphatic carbocycles. The lowest BCUT2D eigenvalue weighted by atomic mass is 10.5. The van der Waals surface area contributed by atoms with Crippen molar-refractivity contribution in [2.75, 3.05) is 18.4 Å². The molecule has 0 bridgehead atoms. The number of nitrogens with one attached hydrogen (secondary N) is 2. The molecule has 5 nitrogen and oxygen atoms in total. The minimum atomic E-state index is -4.50. The van der Waals surface area contributed by atoms with Gasteiger partial charge in [-0.15, -0.1) is 10.2 Å². The molecule has 0 unspecified atom stereocenters. The molecule has 90 valence electrons. The van der Waals surface area contributed by atoms with Crippen LogP contribution in [0, 0.1) is 0 Å². The van der Waals surface area contributed by atoms with Gasteiger partial charge in [-0.2, -0.15) is 13.2 Å². The van der Waals surface area contributed by atoms with Crippen molar-refractivity contribution in [2.45, 2.75) is 13.1 Å². The molecule has 2 N–H and O–H groups in total. The molecule has 0 spiro atoms. The molecule has 0 atom stereocenters. The second kappa shape index (κ2) is 5.10. The Hall–Kier alpha value is -1.38. The van der Waals surface area contributed by atoms with Gasteiger partial charge in [-0.3, -0.25) is 4.79 Å². The van der Waals surface area contributed by atoms with Gasteiger partial charge in [0.25, 0.3) is 0 Å². The number of hydrogen-bond donors (Lipinski definition) is 2. The highest BCUT2D eigenvalue weighted by Crippen LogP contribution is 2.32. The molecule has 1 heterocycles. The number of alkyl halides is 3. The topological polar surface area (TPSA) is 66.9 Å². The van der Waals surface area contributed by atoms with E-state index < -0.39 is 11.2 Å². The largest absolute Gasteiger partial charge is 0.445 e. The van der Waals surface area contributed by atoms with E-state index in [-0.39, 0.29) is 17.6 Å². The lowest BCUT2D eigenvalue weighted by Crippen LogP contribution is -2.29. The average Bonchev–Trinajstić information content (AvgIpc) is 2.63. The third-order valence-corrected chi connectivity index (χ3v) is 2.37. The van der Waals surface area contributed by atoms with E-state index in [1.54, 1.807) is 6.92 Å². The Morgan fingerprint density at radius 1 is 1.44 bits per heavy atom. The first-order valence-electron chi connectivity index (χ1n) is 4.34. The predicted octanol–water partition coefficient (Wildman–Crippen LogP) is 1.10. The van der Waals surface area contributed by atoms with E-state index in [0.29, 0.717) is 17.9 Å². The zero-order valence-corrected chi connectivity index (χ0v) is 9.08. The second-order valence-corrected chi connectivity index (χ2v) is 3.69. The van der Waals surface area contributed by atoms with Crippen molar-refractivity contribution < 1.29 is 18.0 Å². The maximum Gasteiger partial charge on any atom is 0.445 e. The van der Waals surface area contributed by atoms with Crippen LogP contribution in [-0.4, -0.2) is 29.2 Å². The Labute approximate surface area is 93.1 Å². The third kappa shape index (κ3) is 3.65. The smallest absolute Gasteiger partial charge is 0.355 e. The van der Waals surface area contributed by atoms with Crippen molar-refractivity contribution in [3.05, 3.63) is 5.01 Å². The molecule has 1 aromatic rings. The number of carbonyl (C=O) groups is 1. The molecule has 16 heavy (non-hydrogen) atoms. The average molecular weight is 254 g/mol. The van der Waals surface area contributed by atoms with E-state index in [1.165, 1.54) is 0 Å². The molecule has 0 aliphatic rings. The number of likely N-dealkylation sites (N-methyl/N-ethyl adjacent to an activating group) is 1. The van der Waals surface area contributed by atoms with Crippen molar-refractivity contribution in [3.8, 4) is 0 Å². The number of aromatic nitrogens is 2. The van der Waals surface area contributed by atoms with Crippen LogP contribution in [0.5, 0.6) is 0 Å². The van der Waals surface area contributed by atoms with E-state index in [1.807, 2.05) is 0 Å². The van der Waals surface area contributed by atoms with Crippen molar-refractivity contribution in [1.82, 2.24) is 15.5 Å². The summed E-state index contributed by atoms with van der Waals surface area (Å²) < 4.78 is 36.4. The minimum absolute atomic E-state index is 0.0291. The molecule has 1 rings (SSSR count). The van der Waals surface area contributed by atoms with E-state index >= 15 is 0 Å². The zero-order valence-electron chi connectivity index (χ0n) is 8.26. The lowest BCUT2D eigenvalue weighted by molar-refractivity contribution is -0.138. The van der Waals surface area contributed by atoms with Crippen LogP contribution < -0.4 is 10.6 Å². The summed E-state index contributed by atoms with van der Waals surface area (Å²) in [4.78, 5) is 11.0. The van der Waals surface area contributed by atoms with Crippen LogP contribution in [0.1, 0.15) is 11.9 Å². The fourth-order valence-corrected chi connectivity index (χ4v) is 1.43. The van der Waals surface area contributed by atoms with Crippen molar-refractivity contribution in [3.63, 3.8) is 0 Å². The van der Waals surface area contributed by atoms with Gasteiger partial charge >= 0.3 is 6.18 Å². The van der Waals surface area contributed by atoms with Gasteiger partial charge in [-0.25, -0.2) is 0 Å². The lowest BCUT2D eigenvalue weighted by Gasteiger charge is -2.01. The highest BCUT2D eigenvalue weighted by atomic mass is 32.1. The molecule has 0 radical (unpaired) electrons.